The second-order valence-electron chi connectivity index (χ2n) is 6.74. The van der Waals surface area contributed by atoms with Crippen LogP contribution in [0.3, 0.4) is 0 Å². The highest BCUT2D eigenvalue weighted by atomic mass is 127. The number of nitrogens with zero attached hydrogens (tertiary/aromatic N) is 4. The molecule has 0 bridgehead atoms. The summed E-state index contributed by atoms with van der Waals surface area (Å²) in [7, 11) is 1.78. The van der Waals surface area contributed by atoms with Gasteiger partial charge in [-0.2, -0.15) is 5.10 Å². The first kappa shape index (κ1) is 23.0. The maximum atomic E-state index is 4.72. The number of nitrogens with one attached hydrogen (secondary N) is 2. The van der Waals surface area contributed by atoms with Gasteiger partial charge in [0.1, 0.15) is 5.01 Å². The number of guanidine groups is 1. The topological polar surface area (TPSA) is 67.1 Å². The Balaban J connectivity index is 0.00000272. The number of thiazole rings is 1. The van der Waals surface area contributed by atoms with E-state index in [1.165, 1.54) is 11.1 Å². The summed E-state index contributed by atoms with van der Waals surface area (Å²) in [6.07, 6.45) is 3.77. The Morgan fingerprint density at radius 2 is 1.71 bits per heavy atom. The molecule has 8 heteroatoms. The van der Waals surface area contributed by atoms with E-state index >= 15 is 0 Å². The van der Waals surface area contributed by atoms with E-state index in [0.717, 1.165) is 28.8 Å². The molecule has 0 fully saturated rings. The molecule has 4 aromatic rings. The van der Waals surface area contributed by atoms with Gasteiger partial charge in [-0.25, -0.2) is 4.98 Å². The largest absolute Gasteiger partial charge is 0.352 e. The first-order chi connectivity index (χ1) is 14.8. The average molecular weight is 544 g/mol. The third-order valence-corrected chi connectivity index (χ3v) is 5.56. The molecule has 2 aromatic carbocycles. The Morgan fingerprint density at radius 3 is 2.45 bits per heavy atom. The van der Waals surface area contributed by atoms with Crippen LogP contribution >= 0.6 is 35.3 Å². The van der Waals surface area contributed by atoms with Crippen LogP contribution in [0.1, 0.15) is 16.1 Å². The van der Waals surface area contributed by atoms with Gasteiger partial charge in [0.15, 0.2) is 5.96 Å². The average Bonchev–Trinajstić information content (AvgIpc) is 3.48. The molecule has 0 spiro atoms. The number of hydrogen-bond acceptors (Lipinski definition) is 4. The van der Waals surface area contributed by atoms with Crippen molar-refractivity contribution in [3.05, 3.63) is 94.6 Å². The van der Waals surface area contributed by atoms with Gasteiger partial charge >= 0.3 is 0 Å². The van der Waals surface area contributed by atoms with Gasteiger partial charge < -0.3 is 10.6 Å². The van der Waals surface area contributed by atoms with Gasteiger partial charge in [0.25, 0.3) is 0 Å². The van der Waals surface area contributed by atoms with Gasteiger partial charge in [0.05, 0.1) is 18.8 Å². The molecule has 0 aliphatic rings. The van der Waals surface area contributed by atoms with Gasteiger partial charge in [0.2, 0.25) is 0 Å². The zero-order valence-corrected chi connectivity index (χ0v) is 20.4. The van der Waals surface area contributed by atoms with Gasteiger partial charge in [-0.1, -0.05) is 54.6 Å². The van der Waals surface area contributed by atoms with Crippen LogP contribution in [0.5, 0.6) is 0 Å². The van der Waals surface area contributed by atoms with Crippen LogP contribution in [0.2, 0.25) is 0 Å². The Morgan fingerprint density at radius 1 is 0.968 bits per heavy atom. The lowest BCUT2D eigenvalue weighted by molar-refractivity contribution is 0.677. The molecule has 0 aliphatic carbocycles. The smallest absolute Gasteiger partial charge is 0.191 e. The number of benzene rings is 2. The highest BCUT2D eigenvalue weighted by Crippen LogP contribution is 2.21. The van der Waals surface area contributed by atoms with Crippen LogP contribution in [-0.4, -0.2) is 27.8 Å². The summed E-state index contributed by atoms with van der Waals surface area (Å²) in [5, 5.41) is 14.2. The van der Waals surface area contributed by atoms with Crippen LogP contribution in [0.25, 0.3) is 11.3 Å². The summed E-state index contributed by atoms with van der Waals surface area (Å²) in [5.41, 5.74) is 4.59. The lowest BCUT2D eigenvalue weighted by atomic mass is 10.1. The molecule has 0 radical (unpaired) electrons. The predicted molar refractivity (Wildman–Crippen MR) is 138 cm³/mol. The summed E-state index contributed by atoms with van der Waals surface area (Å²) in [6.45, 7) is 2.06. The molecule has 2 aromatic heterocycles. The maximum absolute atomic E-state index is 4.72. The SMILES string of the molecule is CN=C(NCc1nc(-c2ccccc2)cs1)NCc1ccccc1Cn1cccn1.I. The molecular formula is C23H25IN6S. The molecule has 31 heavy (non-hydrogen) atoms. The molecule has 6 nitrogen and oxygen atoms in total. The van der Waals surface area contributed by atoms with Crippen molar-refractivity contribution in [2.24, 2.45) is 4.99 Å². The molecular weight excluding hydrogens is 519 g/mol. The Hall–Kier alpha value is -2.72. The van der Waals surface area contributed by atoms with E-state index in [4.69, 9.17) is 4.98 Å². The van der Waals surface area contributed by atoms with Gasteiger partial charge in [0, 0.05) is 36.9 Å². The fourth-order valence-corrected chi connectivity index (χ4v) is 3.89. The van der Waals surface area contributed by atoms with Gasteiger partial charge in [-0.15, -0.1) is 35.3 Å². The second-order valence-corrected chi connectivity index (χ2v) is 7.69. The lowest BCUT2D eigenvalue weighted by Gasteiger charge is -2.14. The Labute approximate surface area is 203 Å². The quantitative estimate of drug-likeness (QED) is 0.204. The highest BCUT2D eigenvalue weighted by Gasteiger charge is 2.07. The van der Waals surface area contributed by atoms with Crippen LogP contribution in [-0.2, 0) is 19.6 Å². The summed E-state index contributed by atoms with van der Waals surface area (Å²) in [5.74, 6) is 0.750. The van der Waals surface area contributed by atoms with Crippen molar-refractivity contribution in [2.75, 3.05) is 7.05 Å². The van der Waals surface area contributed by atoms with E-state index in [1.807, 2.05) is 35.1 Å². The third kappa shape index (κ3) is 6.38. The van der Waals surface area contributed by atoms with Crippen LogP contribution in [0.4, 0.5) is 0 Å². The monoisotopic (exact) mass is 544 g/mol. The van der Waals surface area contributed by atoms with Gasteiger partial charge in [-0.3, -0.25) is 9.67 Å². The van der Waals surface area contributed by atoms with E-state index in [1.54, 1.807) is 24.6 Å². The van der Waals surface area contributed by atoms with Crippen molar-refractivity contribution in [1.82, 2.24) is 25.4 Å². The van der Waals surface area contributed by atoms with E-state index in [-0.39, 0.29) is 24.0 Å². The third-order valence-electron chi connectivity index (χ3n) is 4.71. The van der Waals surface area contributed by atoms with Crippen molar-refractivity contribution in [3.63, 3.8) is 0 Å². The number of hydrogen-bond donors (Lipinski definition) is 2. The molecule has 0 amide bonds. The summed E-state index contributed by atoms with van der Waals surface area (Å²) >= 11 is 1.65. The molecule has 0 saturated heterocycles. The number of rotatable bonds is 7. The zero-order chi connectivity index (χ0) is 20.6. The fraction of sp³-hybridized carbons (Fsp3) is 0.174. The first-order valence-electron chi connectivity index (χ1n) is 9.80. The first-order valence-corrected chi connectivity index (χ1v) is 10.7. The minimum atomic E-state index is 0. The normalized spacial score (nSPS) is 11.1. The summed E-state index contributed by atoms with van der Waals surface area (Å²) in [6, 6.07) is 20.5. The van der Waals surface area contributed by atoms with Crippen LogP contribution in [0.15, 0.2) is 83.4 Å². The fourth-order valence-electron chi connectivity index (χ4n) is 3.15. The Kier molecular flexibility index (Phi) is 8.60. The van der Waals surface area contributed by atoms with Crippen LogP contribution < -0.4 is 10.6 Å². The van der Waals surface area contributed by atoms with E-state index in [9.17, 15) is 0 Å². The summed E-state index contributed by atoms with van der Waals surface area (Å²) < 4.78 is 1.93. The molecule has 160 valence electrons. The minimum Gasteiger partial charge on any atom is -0.352 e. The standard InChI is InChI=1S/C23H24N6S.HI/c1-24-23(26-15-22-28-21(17-30-22)18-8-3-2-4-9-18)25-14-19-10-5-6-11-20(19)16-29-13-7-12-27-29;/h2-13,17H,14-16H2,1H3,(H2,24,25,26);1H. The number of aromatic nitrogens is 3. The molecule has 0 saturated carbocycles. The van der Waals surface area contributed by atoms with Crippen molar-refractivity contribution >= 4 is 41.3 Å². The van der Waals surface area contributed by atoms with Crippen molar-refractivity contribution < 1.29 is 0 Å². The number of aliphatic imine (C=N–C) groups is 1. The summed E-state index contributed by atoms with van der Waals surface area (Å²) in [4.78, 5) is 9.07. The molecule has 4 rings (SSSR count). The molecule has 2 heterocycles. The minimum absolute atomic E-state index is 0. The van der Waals surface area contributed by atoms with E-state index < -0.39 is 0 Å². The highest BCUT2D eigenvalue weighted by molar-refractivity contribution is 14.0. The maximum Gasteiger partial charge on any atom is 0.191 e. The second kappa shape index (κ2) is 11.6. The number of halogens is 1. The van der Waals surface area contributed by atoms with Crippen molar-refractivity contribution in [2.45, 2.75) is 19.6 Å². The van der Waals surface area contributed by atoms with Crippen LogP contribution in [0, 0.1) is 0 Å². The van der Waals surface area contributed by atoms with Crippen molar-refractivity contribution in [1.29, 1.82) is 0 Å². The molecule has 2 N–H and O–H groups in total. The Bertz CT molecular complexity index is 1090. The van der Waals surface area contributed by atoms with Gasteiger partial charge in [-0.05, 0) is 17.2 Å². The van der Waals surface area contributed by atoms with E-state index in [0.29, 0.717) is 13.1 Å². The molecule has 0 aliphatic heterocycles. The van der Waals surface area contributed by atoms with E-state index in [2.05, 4.69) is 62.5 Å². The lowest BCUT2D eigenvalue weighted by Crippen LogP contribution is -2.36. The molecule has 0 atom stereocenters. The van der Waals surface area contributed by atoms with Crippen molar-refractivity contribution in [3.8, 4) is 11.3 Å². The molecule has 0 unspecified atom stereocenters. The predicted octanol–water partition coefficient (Wildman–Crippen LogP) is 4.54. The zero-order valence-electron chi connectivity index (χ0n) is 17.2.